The van der Waals surface area contributed by atoms with Crippen LogP contribution in [0.5, 0.6) is 5.75 Å². The maximum absolute atomic E-state index is 11.5. The van der Waals surface area contributed by atoms with Crippen molar-refractivity contribution in [1.29, 1.82) is 0 Å². The van der Waals surface area contributed by atoms with Gasteiger partial charge in [-0.1, -0.05) is 13.0 Å². The molecule has 1 atom stereocenters. The molecule has 6 nitrogen and oxygen atoms in total. The number of carbonyl (C=O) groups is 1. The Balaban J connectivity index is 2.78. The molecular weight excluding hydrogens is 238 g/mol. The number of nitro benzene ring substituents is 1. The molecule has 0 saturated carbocycles. The summed E-state index contributed by atoms with van der Waals surface area (Å²) in [6.45, 7) is 3.75. The fourth-order valence-corrected chi connectivity index (χ4v) is 1.37. The molecule has 6 heteroatoms. The first-order valence-electron chi connectivity index (χ1n) is 5.66. The Bertz CT molecular complexity index is 432. The zero-order valence-electron chi connectivity index (χ0n) is 10.3. The molecule has 0 aliphatic rings. The van der Waals surface area contributed by atoms with Crippen LogP contribution >= 0.6 is 0 Å². The molecule has 18 heavy (non-hydrogen) atoms. The molecule has 1 rings (SSSR count). The van der Waals surface area contributed by atoms with E-state index in [1.165, 1.54) is 18.2 Å². The van der Waals surface area contributed by atoms with Crippen molar-refractivity contribution >= 4 is 11.7 Å². The minimum Gasteiger partial charge on any atom is -0.478 e. The van der Waals surface area contributed by atoms with Crippen LogP contribution in [0.25, 0.3) is 0 Å². The van der Waals surface area contributed by atoms with Crippen LogP contribution in [0, 0.1) is 10.1 Å². The van der Waals surface area contributed by atoms with Gasteiger partial charge in [-0.25, -0.2) is 4.79 Å². The molecule has 0 aromatic heterocycles. The monoisotopic (exact) mass is 253 g/mol. The van der Waals surface area contributed by atoms with Crippen LogP contribution in [-0.2, 0) is 9.53 Å². The lowest BCUT2D eigenvalue weighted by molar-refractivity contribution is -0.384. The SMILES string of the molecule is CCOC(=O)C(CC)Oc1cccc([N+](=O)[O-])c1. The van der Waals surface area contributed by atoms with Gasteiger partial charge in [-0.2, -0.15) is 0 Å². The maximum Gasteiger partial charge on any atom is 0.347 e. The summed E-state index contributed by atoms with van der Waals surface area (Å²) in [7, 11) is 0. The van der Waals surface area contributed by atoms with Crippen LogP contribution in [0.15, 0.2) is 24.3 Å². The van der Waals surface area contributed by atoms with Crippen LogP contribution in [0.4, 0.5) is 5.69 Å². The summed E-state index contributed by atoms with van der Waals surface area (Å²) in [4.78, 5) is 21.6. The number of nitrogens with zero attached hydrogens (tertiary/aromatic N) is 1. The summed E-state index contributed by atoms with van der Waals surface area (Å²) in [6.07, 6.45) is -0.311. The predicted octanol–water partition coefficient (Wildman–Crippen LogP) is 2.32. The van der Waals surface area contributed by atoms with E-state index in [-0.39, 0.29) is 18.0 Å². The Kier molecular flexibility index (Phi) is 5.10. The lowest BCUT2D eigenvalue weighted by atomic mass is 10.2. The van der Waals surface area contributed by atoms with Gasteiger partial charge < -0.3 is 9.47 Å². The highest BCUT2D eigenvalue weighted by Crippen LogP contribution is 2.21. The second kappa shape index (κ2) is 6.58. The zero-order valence-corrected chi connectivity index (χ0v) is 10.3. The van der Waals surface area contributed by atoms with Gasteiger partial charge >= 0.3 is 5.97 Å². The van der Waals surface area contributed by atoms with Gasteiger partial charge in [0.15, 0.2) is 6.10 Å². The minimum atomic E-state index is -0.744. The molecule has 0 aliphatic heterocycles. The van der Waals surface area contributed by atoms with Crippen molar-refractivity contribution in [3.8, 4) is 5.75 Å². The van der Waals surface area contributed by atoms with E-state index in [1.807, 2.05) is 0 Å². The van der Waals surface area contributed by atoms with Crippen molar-refractivity contribution < 1.29 is 19.2 Å². The van der Waals surface area contributed by atoms with Crippen LogP contribution < -0.4 is 4.74 Å². The molecule has 1 aromatic rings. The number of carbonyl (C=O) groups excluding carboxylic acids is 1. The molecule has 0 radical (unpaired) electrons. The first-order chi connectivity index (χ1) is 8.58. The Morgan fingerprint density at radius 3 is 2.72 bits per heavy atom. The highest BCUT2D eigenvalue weighted by atomic mass is 16.6. The van der Waals surface area contributed by atoms with Crippen molar-refractivity contribution in [2.24, 2.45) is 0 Å². The number of hydrogen-bond donors (Lipinski definition) is 0. The van der Waals surface area contributed by atoms with E-state index in [1.54, 1.807) is 19.9 Å². The summed E-state index contributed by atoms with van der Waals surface area (Å²) in [5.74, 6) is -0.185. The first kappa shape index (κ1) is 14.0. The van der Waals surface area contributed by atoms with Gasteiger partial charge in [-0.05, 0) is 19.4 Å². The van der Waals surface area contributed by atoms with Crippen molar-refractivity contribution in [3.63, 3.8) is 0 Å². The summed E-state index contributed by atoms with van der Waals surface area (Å²) in [6, 6.07) is 5.71. The molecule has 0 aliphatic carbocycles. The summed E-state index contributed by atoms with van der Waals surface area (Å²) in [5, 5.41) is 10.6. The largest absolute Gasteiger partial charge is 0.478 e. The smallest absolute Gasteiger partial charge is 0.347 e. The van der Waals surface area contributed by atoms with Crippen LogP contribution in [-0.4, -0.2) is 23.6 Å². The van der Waals surface area contributed by atoms with Gasteiger partial charge in [0.1, 0.15) is 5.75 Å². The molecule has 0 spiro atoms. The van der Waals surface area contributed by atoms with Gasteiger partial charge in [0.2, 0.25) is 0 Å². The van der Waals surface area contributed by atoms with E-state index in [2.05, 4.69) is 0 Å². The van der Waals surface area contributed by atoms with Gasteiger partial charge in [0, 0.05) is 6.07 Å². The molecule has 0 heterocycles. The number of benzene rings is 1. The zero-order chi connectivity index (χ0) is 13.5. The van der Waals surface area contributed by atoms with E-state index in [0.29, 0.717) is 6.42 Å². The van der Waals surface area contributed by atoms with Gasteiger partial charge in [0.05, 0.1) is 17.6 Å². The molecule has 0 saturated heterocycles. The minimum absolute atomic E-state index is 0.0776. The number of nitro groups is 1. The Hall–Kier alpha value is -2.11. The number of hydrogen-bond acceptors (Lipinski definition) is 5. The molecular formula is C12H15NO5. The maximum atomic E-state index is 11.5. The van der Waals surface area contributed by atoms with Gasteiger partial charge in [0.25, 0.3) is 5.69 Å². The fraction of sp³-hybridized carbons (Fsp3) is 0.417. The Labute approximate surface area is 105 Å². The summed E-state index contributed by atoms with van der Waals surface area (Å²) >= 11 is 0. The molecule has 0 N–H and O–H groups in total. The third kappa shape index (κ3) is 3.73. The highest BCUT2D eigenvalue weighted by Gasteiger charge is 2.20. The number of ether oxygens (including phenoxy) is 2. The molecule has 1 aromatic carbocycles. The molecule has 98 valence electrons. The molecule has 0 fully saturated rings. The lowest BCUT2D eigenvalue weighted by Crippen LogP contribution is -2.28. The normalized spacial score (nSPS) is 11.7. The average molecular weight is 253 g/mol. The van der Waals surface area contributed by atoms with Crippen molar-refractivity contribution in [1.82, 2.24) is 0 Å². The van der Waals surface area contributed by atoms with Crippen molar-refractivity contribution in [2.45, 2.75) is 26.4 Å². The third-order valence-electron chi connectivity index (χ3n) is 2.23. The number of rotatable bonds is 6. The standard InChI is InChI=1S/C12H15NO5/c1-3-11(12(14)17-4-2)18-10-7-5-6-9(8-10)13(15)16/h5-8,11H,3-4H2,1-2H3. The van der Waals surface area contributed by atoms with E-state index in [9.17, 15) is 14.9 Å². The first-order valence-corrected chi connectivity index (χ1v) is 5.66. The molecule has 0 amide bonds. The average Bonchev–Trinajstić information content (AvgIpc) is 2.36. The van der Waals surface area contributed by atoms with Gasteiger partial charge in [-0.3, -0.25) is 10.1 Å². The topological polar surface area (TPSA) is 78.7 Å². The second-order valence-electron chi connectivity index (χ2n) is 3.52. The predicted molar refractivity (Wildman–Crippen MR) is 64.4 cm³/mol. The van der Waals surface area contributed by atoms with E-state index in [4.69, 9.17) is 9.47 Å². The third-order valence-corrected chi connectivity index (χ3v) is 2.23. The van der Waals surface area contributed by atoms with Crippen molar-refractivity contribution in [2.75, 3.05) is 6.61 Å². The highest BCUT2D eigenvalue weighted by molar-refractivity contribution is 5.75. The van der Waals surface area contributed by atoms with E-state index in [0.717, 1.165) is 0 Å². The van der Waals surface area contributed by atoms with Crippen LogP contribution in [0.1, 0.15) is 20.3 Å². The summed E-state index contributed by atoms with van der Waals surface area (Å²) < 4.78 is 10.2. The quantitative estimate of drug-likeness (QED) is 0.441. The second-order valence-corrected chi connectivity index (χ2v) is 3.52. The fourth-order valence-electron chi connectivity index (χ4n) is 1.37. The van der Waals surface area contributed by atoms with E-state index < -0.39 is 17.0 Å². The van der Waals surface area contributed by atoms with Crippen molar-refractivity contribution in [3.05, 3.63) is 34.4 Å². The Morgan fingerprint density at radius 2 is 2.17 bits per heavy atom. The van der Waals surface area contributed by atoms with Gasteiger partial charge in [-0.15, -0.1) is 0 Å². The van der Waals surface area contributed by atoms with E-state index >= 15 is 0 Å². The van der Waals surface area contributed by atoms with Crippen LogP contribution in [0.2, 0.25) is 0 Å². The molecule has 1 unspecified atom stereocenters. The molecule has 0 bridgehead atoms. The summed E-state index contributed by atoms with van der Waals surface area (Å²) in [5.41, 5.74) is -0.0776. The van der Waals surface area contributed by atoms with Crippen LogP contribution in [0.3, 0.4) is 0 Å². The Morgan fingerprint density at radius 1 is 1.44 bits per heavy atom. The number of non-ortho nitro benzene ring substituents is 1. The number of esters is 1. The lowest BCUT2D eigenvalue weighted by Gasteiger charge is -2.15.